The normalized spacial score (nSPS) is 47.0. The number of nitrogens with one attached hydrogen (secondary N) is 1. The van der Waals surface area contributed by atoms with E-state index in [0.717, 1.165) is 12.6 Å². The second kappa shape index (κ2) is 4.04. The average molecular weight is 210 g/mol. The van der Waals surface area contributed by atoms with Crippen molar-refractivity contribution in [3.05, 3.63) is 0 Å². The lowest BCUT2D eigenvalue weighted by Gasteiger charge is -2.31. The van der Waals surface area contributed by atoms with E-state index >= 15 is 0 Å². The van der Waals surface area contributed by atoms with Crippen LogP contribution in [0.25, 0.3) is 0 Å². The molecule has 0 amide bonds. The molecule has 86 valence electrons. The molecule has 3 saturated heterocycles. The quantitative estimate of drug-likeness (QED) is 0.698. The molecule has 3 nitrogen and oxygen atoms in total. The predicted octanol–water partition coefficient (Wildman–Crippen LogP) is 0.990. The van der Waals surface area contributed by atoms with Crippen LogP contribution in [0.4, 0.5) is 0 Å². The van der Waals surface area contributed by atoms with Gasteiger partial charge in [-0.1, -0.05) is 0 Å². The lowest BCUT2D eigenvalue weighted by molar-refractivity contribution is 0.0717. The van der Waals surface area contributed by atoms with Crippen molar-refractivity contribution in [2.45, 2.75) is 56.9 Å². The highest BCUT2D eigenvalue weighted by Gasteiger charge is 2.43. The Morgan fingerprint density at radius 2 is 2.13 bits per heavy atom. The van der Waals surface area contributed by atoms with Crippen LogP contribution >= 0.6 is 0 Å². The lowest BCUT2D eigenvalue weighted by Crippen LogP contribution is -2.43. The summed E-state index contributed by atoms with van der Waals surface area (Å²) in [5, 5.41) is 3.56. The zero-order valence-corrected chi connectivity index (χ0v) is 9.61. The van der Waals surface area contributed by atoms with E-state index in [1.807, 2.05) is 0 Å². The van der Waals surface area contributed by atoms with E-state index in [4.69, 9.17) is 4.74 Å². The van der Waals surface area contributed by atoms with E-state index in [0.29, 0.717) is 18.2 Å². The summed E-state index contributed by atoms with van der Waals surface area (Å²) in [6, 6.07) is 1.42. The summed E-state index contributed by atoms with van der Waals surface area (Å²) in [5.41, 5.74) is 0. The monoisotopic (exact) mass is 210 g/mol. The molecule has 0 saturated carbocycles. The molecule has 0 radical (unpaired) electrons. The van der Waals surface area contributed by atoms with Gasteiger partial charge in [-0.3, -0.25) is 4.90 Å². The molecule has 2 bridgehead atoms. The van der Waals surface area contributed by atoms with Crippen LogP contribution < -0.4 is 5.32 Å². The zero-order chi connectivity index (χ0) is 10.3. The van der Waals surface area contributed by atoms with Gasteiger partial charge >= 0.3 is 0 Å². The Labute approximate surface area is 92.2 Å². The molecule has 0 aromatic carbocycles. The predicted molar refractivity (Wildman–Crippen MR) is 60.0 cm³/mol. The molecule has 3 fully saturated rings. The van der Waals surface area contributed by atoms with Crippen molar-refractivity contribution in [2.24, 2.45) is 0 Å². The van der Waals surface area contributed by atoms with Crippen molar-refractivity contribution in [2.75, 3.05) is 19.6 Å². The molecule has 0 spiro atoms. The molecule has 0 aromatic heterocycles. The van der Waals surface area contributed by atoms with Crippen molar-refractivity contribution in [3.63, 3.8) is 0 Å². The van der Waals surface area contributed by atoms with E-state index in [1.165, 1.54) is 38.8 Å². The first-order valence-electron chi connectivity index (χ1n) is 6.46. The molecule has 3 aliphatic rings. The summed E-state index contributed by atoms with van der Waals surface area (Å²) >= 11 is 0. The van der Waals surface area contributed by atoms with Crippen LogP contribution in [0.5, 0.6) is 0 Å². The summed E-state index contributed by atoms with van der Waals surface area (Å²) in [5.74, 6) is 0. The van der Waals surface area contributed by atoms with E-state index in [1.54, 1.807) is 0 Å². The second-order valence-electron chi connectivity index (χ2n) is 5.36. The van der Waals surface area contributed by atoms with Gasteiger partial charge in [0.25, 0.3) is 0 Å². The van der Waals surface area contributed by atoms with E-state index in [-0.39, 0.29) is 0 Å². The van der Waals surface area contributed by atoms with Crippen molar-refractivity contribution in [3.8, 4) is 0 Å². The fourth-order valence-electron chi connectivity index (χ4n) is 3.35. The minimum absolute atomic E-state index is 0.559. The van der Waals surface area contributed by atoms with E-state index in [2.05, 4.69) is 17.1 Å². The van der Waals surface area contributed by atoms with Crippen molar-refractivity contribution in [1.82, 2.24) is 10.2 Å². The molecular weight excluding hydrogens is 188 g/mol. The third kappa shape index (κ3) is 1.93. The maximum atomic E-state index is 5.94. The number of ether oxygens (including phenoxy) is 1. The third-order valence-corrected chi connectivity index (χ3v) is 4.28. The molecule has 15 heavy (non-hydrogen) atoms. The molecule has 3 rings (SSSR count). The average Bonchev–Trinajstić information content (AvgIpc) is 2.79. The Morgan fingerprint density at radius 1 is 1.20 bits per heavy atom. The largest absolute Gasteiger partial charge is 0.373 e. The minimum atomic E-state index is 0.559. The minimum Gasteiger partial charge on any atom is -0.373 e. The highest BCUT2D eigenvalue weighted by Crippen LogP contribution is 2.37. The van der Waals surface area contributed by atoms with Gasteiger partial charge in [0.15, 0.2) is 0 Å². The summed E-state index contributed by atoms with van der Waals surface area (Å²) in [7, 11) is 0. The van der Waals surface area contributed by atoms with Crippen LogP contribution in [-0.2, 0) is 4.74 Å². The van der Waals surface area contributed by atoms with E-state index < -0.39 is 0 Å². The Kier molecular flexibility index (Phi) is 2.71. The first kappa shape index (κ1) is 10.1. The maximum absolute atomic E-state index is 5.94. The van der Waals surface area contributed by atoms with Gasteiger partial charge in [0.1, 0.15) is 0 Å². The van der Waals surface area contributed by atoms with Gasteiger partial charge in [0.2, 0.25) is 0 Å². The van der Waals surface area contributed by atoms with Crippen LogP contribution in [-0.4, -0.2) is 48.8 Å². The number of fused-ring (bicyclic) bond motifs is 2. The Hall–Kier alpha value is -0.120. The summed E-state index contributed by atoms with van der Waals surface area (Å²) < 4.78 is 5.94. The Morgan fingerprint density at radius 3 is 2.87 bits per heavy atom. The zero-order valence-electron chi connectivity index (χ0n) is 9.61. The topological polar surface area (TPSA) is 24.5 Å². The molecule has 0 aliphatic carbocycles. The molecule has 3 heteroatoms. The highest BCUT2D eigenvalue weighted by atomic mass is 16.5. The fourth-order valence-corrected chi connectivity index (χ4v) is 3.35. The molecule has 1 N–H and O–H groups in total. The summed E-state index contributed by atoms with van der Waals surface area (Å²) in [4.78, 5) is 2.67. The van der Waals surface area contributed by atoms with Crippen LogP contribution in [0.15, 0.2) is 0 Å². The first-order valence-corrected chi connectivity index (χ1v) is 6.46. The number of hydrogen-bond acceptors (Lipinski definition) is 3. The molecule has 3 aliphatic heterocycles. The van der Waals surface area contributed by atoms with Gasteiger partial charge in [-0.15, -0.1) is 0 Å². The summed E-state index contributed by atoms with van der Waals surface area (Å²) in [6.45, 7) is 5.91. The second-order valence-corrected chi connectivity index (χ2v) is 5.36. The SMILES string of the molecule is CC1CCN(C2CC3CCC2O3)CCN1. The molecule has 0 aromatic rings. The smallest absolute Gasteiger partial charge is 0.0735 e. The molecular formula is C12H22N2O. The van der Waals surface area contributed by atoms with Crippen LogP contribution in [0.1, 0.15) is 32.6 Å². The number of nitrogens with zero attached hydrogens (tertiary/aromatic N) is 1. The highest BCUT2D eigenvalue weighted by molar-refractivity contribution is 4.96. The number of hydrogen-bond donors (Lipinski definition) is 1. The van der Waals surface area contributed by atoms with Gasteiger partial charge in [-0.25, -0.2) is 0 Å². The van der Waals surface area contributed by atoms with Gasteiger partial charge in [-0.05, 0) is 32.6 Å². The lowest BCUT2D eigenvalue weighted by atomic mass is 9.94. The van der Waals surface area contributed by atoms with Gasteiger partial charge in [0.05, 0.1) is 12.2 Å². The standard InChI is InChI=1S/C12H22N2O/c1-9-4-6-14(7-5-13-9)11-8-10-2-3-12(11)15-10/h9-13H,2-8H2,1H3. The Bertz CT molecular complexity index is 234. The van der Waals surface area contributed by atoms with Crippen LogP contribution in [0, 0.1) is 0 Å². The van der Waals surface area contributed by atoms with E-state index in [9.17, 15) is 0 Å². The van der Waals surface area contributed by atoms with Crippen LogP contribution in [0.3, 0.4) is 0 Å². The fraction of sp³-hybridized carbons (Fsp3) is 1.00. The summed E-state index contributed by atoms with van der Waals surface area (Å²) in [6.07, 6.45) is 6.34. The number of rotatable bonds is 1. The van der Waals surface area contributed by atoms with Crippen molar-refractivity contribution >= 4 is 0 Å². The van der Waals surface area contributed by atoms with Gasteiger partial charge in [0, 0.05) is 31.7 Å². The van der Waals surface area contributed by atoms with Gasteiger partial charge in [-0.2, -0.15) is 0 Å². The molecule has 4 atom stereocenters. The van der Waals surface area contributed by atoms with Gasteiger partial charge < -0.3 is 10.1 Å². The molecule has 3 heterocycles. The maximum Gasteiger partial charge on any atom is 0.0735 e. The Balaban J connectivity index is 1.62. The first-order chi connectivity index (χ1) is 7.33. The van der Waals surface area contributed by atoms with Crippen LogP contribution in [0.2, 0.25) is 0 Å². The molecule has 4 unspecified atom stereocenters. The third-order valence-electron chi connectivity index (χ3n) is 4.28. The van der Waals surface area contributed by atoms with Crippen molar-refractivity contribution in [1.29, 1.82) is 0 Å². The van der Waals surface area contributed by atoms with Crippen molar-refractivity contribution < 1.29 is 4.74 Å².